The van der Waals surface area contributed by atoms with E-state index in [1.807, 2.05) is 0 Å². The van der Waals surface area contributed by atoms with E-state index < -0.39 is 23.7 Å². The Morgan fingerprint density at radius 1 is 1.50 bits per heavy atom. The van der Waals surface area contributed by atoms with Gasteiger partial charge in [0, 0.05) is 18.5 Å². The molecule has 0 bridgehead atoms. The highest BCUT2D eigenvalue weighted by Gasteiger charge is 2.19. The monoisotopic (exact) mass is 305 g/mol. The number of alkyl halides is 1. The van der Waals surface area contributed by atoms with Gasteiger partial charge in [0.2, 0.25) is 0 Å². The van der Waals surface area contributed by atoms with Crippen molar-refractivity contribution >= 4 is 29.4 Å². The molecule has 0 heterocycles. The zero-order valence-corrected chi connectivity index (χ0v) is 11.3. The zero-order chi connectivity index (χ0) is 15.1. The Labute approximate surface area is 119 Å². The Morgan fingerprint density at radius 3 is 2.75 bits per heavy atom. The molecule has 1 rings (SSSR count). The highest BCUT2D eigenvalue weighted by atomic mass is 35.5. The van der Waals surface area contributed by atoms with E-state index in [1.54, 1.807) is 0 Å². The molecule has 0 aliphatic rings. The Bertz CT molecular complexity index is 501. The summed E-state index contributed by atoms with van der Waals surface area (Å²) in [6, 6.07) is 2.44. The largest absolute Gasteiger partial charge is 0.505 e. The molecule has 0 aliphatic carbocycles. The maximum absolute atomic E-state index is 13.3. The SMILES string of the molecule is COC(=O)NN(C(=O)NCCCl)c1ccc(O)c(F)c1. The molecule has 110 valence electrons. The summed E-state index contributed by atoms with van der Waals surface area (Å²) in [5, 5.41) is 12.2. The third-order valence-electron chi connectivity index (χ3n) is 2.15. The van der Waals surface area contributed by atoms with E-state index in [9.17, 15) is 14.0 Å². The Kier molecular flexibility index (Phi) is 5.85. The molecule has 0 fully saturated rings. The van der Waals surface area contributed by atoms with Crippen LogP contribution >= 0.6 is 11.6 Å². The fourth-order valence-electron chi connectivity index (χ4n) is 1.24. The number of amides is 3. The summed E-state index contributed by atoms with van der Waals surface area (Å²) in [6.45, 7) is 0.153. The lowest BCUT2D eigenvalue weighted by molar-refractivity contribution is 0.169. The number of methoxy groups -OCH3 is 1. The number of carbonyl (C=O) groups is 2. The molecule has 0 aromatic heterocycles. The van der Waals surface area contributed by atoms with Gasteiger partial charge in [-0.2, -0.15) is 0 Å². The van der Waals surface area contributed by atoms with Crippen LogP contribution in [0.3, 0.4) is 0 Å². The molecule has 7 nitrogen and oxygen atoms in total. The van der Waals surface area contributed by atoms with E-state index in [-0.39, 0.29) is 18.1 Å². The van der Waals surface area contributed by atoms with Crippen molar-refractivity contribution in [2.45, 2.75) is 0 Å². The molecule has 20 heavy (non-hydrogen) atoms. The van der Waals surface area contributed by atoms with Crippen LogP contribution in [-0.4, -0.2) is 36.8 Å². The predicted octanol–water partition coefficient (Wildman–Crippen LogP) is 1.56. The quantitative estimate of drug-likeness (QED) is 0.584. The number of ether oxygens (including phenoxy) is 1. The number of phenolic OH excluding ortho intramolecular Hbond substituents is 1. The van der Waals surface area contributed by atoms with Gasteiger partial charge in [-0.25, -0.2) is 24.4 Å². The lowest BCUT2D eigenvalue weighted by atomic mass is 10.3. The fourth-order valence-corrected chi connectivity index (χ4v) is 1.33. The molecule has 0 aliphatic heterocycles. The third kappa shape index (κ3) is 4.16. The number of benzene rings is 1. The van der Waals surface area contributed by atoms with Crippen molar-refractivity contribution < 1.29 is 23.8 Å². The number of halogens is 2. The average molecular weight is 306 g/mol. The second-order valence-corrected chi connectivity index (χ2v) is 3.87. The summed E-state index contributed by atoms with van der Waals surface area (Å²) in [5.74, 6) is -1.35. The first-order valence-electron chi connectivity index (χ1n) is 5.46. The van der Waals surface area contributed by atoms with E-state index >= 15 is 0 Å². The first kappa shape index (κ1) is 15.8. The Balaban J connectivity index is 2.99. The lowest BCUT2D eigenvalue weighted by Gasteiger charge is -2.22. The topological polar surface area (TPSA) is 90.9 Å². The maximum Gasteiger partial charge on any atom is 0.426 e. The number of carbonyl (C=O) groups excluding carboxylic acids is 2. The second kappa shape index (κ2) is 7.39. The lowest BCUT2D eigenvalue weighted by Crippen LogP contribution is -2.51. The van der Waals surface area contributed by atoms with E-state index in [4.69, 9.17) is 16.7 Å². The Morgan fingerprint density at radius 2 is 2.20 bits per heavy atom. The van der Waals surface area contributed by atoms with Gasteiger partial charge in [0.05, 0.1) is 12.8 Å². The molecule has 3 N–H and O–H groups in total. The zero-order valence-electron chi connectivity index (χ0n) is 10.5. The van der Waals surface area contributed by atoms with E-state index in [0.29, 0.717) is 0 Å². The number of hydrazine groups is 1. The number of hydrogen-bond acceptors (Lipinski definition) is 4. The van der Waals surface area contributed by atoms with Crippen molar-refractivity contribution in [1.29, 1.82) is 0 Å². The standard InChI is InChI=1S/C11H13ClFN3O4/c1-20-11(19)15-16(10(18)14-5-4-12)7-2-3-9(17)8(13)6-7/h2-3,6,17H,4-5H2,1H3,(H,14,18)(H,15,19). The highest BCUT2D eigenvalue weighted by Crippen LogP contribution is 2.21. The van der Waals surface area contributed by atoms with Gasteiger partial charge in [0.25, 0.3) is 0 Å². The molecule has 0 unspecified atom stereocenters. The molecule has 9 heteroatoms. The summed E-state index contributed by atoms with van der Waals surface area (Å²) in [7, 11) is 1.11. The molecule has 0 saturated heterocycles. The number of nitrogens with one attached hydrogen (secondary N) is 2. The van der Waals surface area contributed by atoms with Crippen LogP contribution in [0.5, 0.6) is 5.75 Å². The van der Waals surface area contributed by atoms with Crippen LogP contribution in [0.1, 0.15) is 0 Å². The molecule has 3 amide bonds. The van der Waals surface area contributed by atoms with Gasteiger partial charge in [0.15, 0.2) is 11.6 Å². The van der Waals surface area contributed by atoms with Gasteiger partial charge in [-0.15, -0.1) is 11.6 Å². The van der Waals surface area contributed by atoms with Crippen molar-refractivity contribution in [1.82, 2.24) is 10.7 Å². The molecule has 1 aromatic rings. The highest BCUT2D eigenvalue weighted by molar-refractivity contribution is 6.18. The summed E-state index contributed by atoms with van der Waals surface area (Å²) in [5.41, 5.74) is 2.11. The van der Waals surface area contributed by atoms with Crippen molar-refractivity contribution in [2.75, 3.05) is 24.5 Å². The number of rotatable bonds is 3. The number of nitrogens with zero attached hydrogens (tertiary/aromatic N) is 1. The van der Waals surface area contributed by atoms with Crippen LogP contribution in [-0.2, 0) is 4.74 Å². The van der Waals surface area contributed by atoms with Crippen molar-refractivity contribution in [3.8, 4) is 5.75 Å². The number of phenols is 1. The molecular weight excluding hydrogens is 293 g/mol. The minimum atomic E-state index is -0.940. The van der Waals surface area contributed by atoms with Crippen LogP contribution in [0.2, 0.25) is 0 Å². The maximum atomic E-state index is 13.3. The first-order chi connectivity index (χ1) is 9.49. The normalized spacial score (nSPS) is 9.75. The number of hydrogen-bond donors (Lipinski definition) is 3. The number of anilines is 1. The summed E-state index contributed by atoms with van der Waals surface area (Å²) >= 11 is 5.44. The molecule has 0 atom stereocenters. The van der Waals surface area contributed by atoms with Crippen LogP contribution in [0, 0.1) is 5.82 Å². The van der Waals surface area contributed by atoms with Gasteiger partial charge in [-0.1, -0.05) is 0 Å². The van der Waals surface area contributed by atoms with Crippen molar-refractivity contribution in [3.05, 3.63) is 24.0 Å². The smallest absolute Gasteiger partial charge is 0.426 e. The number of aromatic hydroxyl groups is 1. The van der Waals surface area contributed by atoms with E-state index in [2.05, 4.69) is 15.5 Å². The molecule has 0 spiro atoms. The number of urea groups is 1. The second-order valence-electron chi connectivity index (χ2n) is 3.50. The Hall–Kier alpha value is -2.22. The summed E-state index contributed by atoms with van der Waals surface area (Å²) < 4.78 is 17.7. The molecule has 0 saturated carbocycles. The summed E-state index contributed by atoms with van der Waals surface area (Å²) in [6.07, 6.45) is -0.917. The fraction of sp³-hybridized carbons (Fsp3) is 0.273. The minimum absolute atomic E-state index is 0.00206. The first-order valence-corrected chi connectivity index (χ1v) is 6.00. The minimum Gasteiger partial charge on any atom is -0.505 e. The third-order valence-corrected chi connectivity index (χ3v) is 2.34. The van der Waals surface area contributed by atoms with Crippen LogP contribution in [0.15, 0.2) is 18.2 Å². The van der Waals surface area contributed by atoms with Crippen LogP contribution in [0.4, 0.5) is 19.7 Å². The predicted molar refractivity (Wildman–Crippen MR) is 70.2 cm³/mol. The molecular formula is C11H13ClFN3O4. The summed E-state index contributed by atoms with van der Waals surface area (Å²) in [4.78, 5) is 23.1. The van der Waals surface area contributed by atoms with Gasteiger partial charge in [0.1, 0.15) is 0 Å². The van der Waals surface area contributed by atoms with E-state index in [0.717, 1.165) is 24.3 Å². The average Bonchev–Trinajstić information content (AvgIpc) is 2.44. The van der Waals surface area contributed by atoms with Crippen molar-refractivity contribution in [2.24, 2.45) is 0 Å². The van der Waals surface area contributed by atoms with Crippen LogP contribution < -0.4 is 15.8 Å². The van der Waals surface area contributed by atoms with E-state index in [1.165, 1.54) is 6.07 Å². The van der Waals surface area contributed by atoms with Gasteiger partial charge in [-0.3, -0.25) is 0 Å². The van der Waals surface area contributed by atoms with Crippen molar-refractivity contribution in [3.63, 3.8) is 0 Å². The van der Waals surface area contributed by atoms with Gasteiger partial charge in [-0.05, 0) is 12.1 Å². The molecule has 1 aromatic carbocycles. The molecule has 0 radical (unpaired) electrons. The van der Waals surface area contributed by atoms with Crippen LogP contribution in [0.25, 0.3) is 0 Å². The van der Waals surface area contributed by atoms with Gasteiger partial charge >= 0.3 is 12.1 Å². The van der Waals surface area contributed by atoms with Gasteiger partial charge < -0.3 is 15.2 Å².